The molecular weight excluding hydrogens is 406 g/mol. The van der Waals surface area contributed by atoms with Crippen LogP contribution in [0.2, 0.25) is 5.02 Å². The molecule has 1 aliphatic heterocycles. The monoisotopic (exact) mass is 425 g/mol. The van der Waals surface area contributed by atoms with Crippen molar-refractivity contribution in [2.24, 2.45) is 0 Å². The van der Waals surface area contributed by atoms with Gasteiger partial charge in [0.2, 0.25) is 0 Å². The number of anilines is 2. The van der Waals surface area contributed by atoms with E-state index in [-0.39, 0.29) is 11.0 Å². The Labute approximate surface area is 169 Å². The van der Waals surface area contributed by atoms with Gasteiger partial charge in [0.05, 0.1) is 16.7 Å². The summed E-state index contributed by atoms with van der Waals surface area (Å²) in [6.45, 7) is 1.41. The van der Waals surface area contributed by atoms with Crippen molar-refractivity contribution in [3.05, 3.63) is 53.6 Å². The Bertz CT molecular complexity index is 916. The van der Waals surface area contributed by atoms with E-state index in [1.807, 2.05) is 0 Å². The fraction of sp³-hybridized carbons (Fsp3) is 0.278. The Morgan fingerprint density at radius 1 is 1.19 bits per heavy atom. The smallest absolute Gasteiger partial charge is 0.261 e. The fourth-order valence-electron chi connectivity index (χ4n) is 2.69. The number of nitrogens with one attached hydrogen (secondary N) is 3. The molecule has 6 nitrogen and oxygen atoms in total. The van der Waals surface area contributed by atoms with Crippen LogP contribution in [-0.2, 0) is 14.8 Å². The van der Waals surface area contributed by atoms with Crippen molar-refractivity contribution >= 4 is 50.3 Å². The second-order valence-corrected chi connectivity index (χ2v) is 8.64. The van der Waals surface area contributed by atoms with Gasteiger partial charge in [0.1, 0.15) is 0 Å². The SMILES string of the molecule is O=S(=O)(Nc1cccc(Cl)c1)c1cccc(NC(=S)NC[C@H]2CCCO2)c1. The van der Waals surface area contributed by atoms with Gasteiger partial charge < -0.3 is 15.4 Å². The van der Waals surface area contributed by atoms with E-state index in [4.69, 9.17) is 28.6 Å². The lowest BCUT2D eigenvalue weighted by atomic mass is 10.2. The number of thiocarbonyl (C=S) groups is 1. The highest BCUT2D eigenvalue weighted by molar-refractivity contribution is 7.92. The average Bonchev–Trinajstić information content (AvgIpc) is 3.13. The molecule has 27 heavy (non-hydrogen) atoms. The minimum Gasteiger partial charge on any atom is -0.376 e. The summed E-state index contributed by atoms with van der Waals surface area (Å²) in [6.07, 6.45) is 2.24. The van der Waals surface area contributed by atoms with Crippen molar-refractivity contribution in [1.82, 2.24) is 5.32 Å². The molecule has 1 heterocycles. The molecule has 2 aromatic carbocycles. The van der Waals surface area contributed by atoms with Crippen LogP contribution in [0.25, 0.3) is 0 Å². The van der Waals surface area contributed by atoms with Crippen molar-refractivity contribution in [3.8, 4) is 0 Å². The molecular formula is C18H20ClN3O3S2. The predicted molar refractivity (Wildman–Crippen MR) is 112 cm³/mol. The molecule has 0 radical (unpaired) electrons. The third-order valence-electron chi connectivity index (χ3n) is 3.99. The zero-order valence-corrected chi connectivity index (χ0v) is 16.8. The third-order valence-corrected chi connectivity index (χ3v) is 5.85. The molecule has 0 unspecified atom stereocenters. The van der Waals surface area contributed by atoms with E-state index in [2.05, 4.69) is 15.4 Å². The maximum absolute atomic E-state index is 12.6. The van der Waals surface area contributed by atoms with Crippen LogP contribution >= 0.6 is 23.8 Å². The van der Waals surface area contributed by atoms with Gasteiger partial charge in [0, 0.05) is 23.9 Å². The minimum absolute atomic E-state index is 0.120. The Kier molecular flexibility index (Phi) is 6.54. The van der Waals surface area contributed by atoms with Crippen LogP contribution in [0.5, 0.6) is 0 Å². The Morgan fingerprint density at radius 3 is 2.70 bits per heavy atom. The molecule has 144 valence electrons. The van der Waals surface area contributed by atoms with Crippen molar-refractivity contribution < 1.29 is 13.2 Å². The molecule has 2 aromatic rings. The van der Waals surface area contributed by atoms with E-state index in [0.717, 1.165) is 19.4 Å². The summed E-state index contributed by atoms with van der Waals surface area (Å²) in [7, 11) is -3.75. The molecule has 0 bridgehead atoms. The molecule has 3 N–H and O–H groups in total. The molecule has 1 fully saturated rings. The second-order valence-electron chi connectivity index (χ2n) is 6.11. The summed E-state index contributed by atoms with van der Waals surface area (Å²) in [5.41, 5.74) is 0.975. The predicted octanol–water partition coefficient (Wildman–Crippen LogP) is 3.61. The van der Waals surface area contributed by atoms with Crippen LogP contribution in [0, 0.1) is 0 Å². The number of hydrogen-bond donors (Lipinski definition) is 3. The lowest BCUT2D eigenvalue weighted by Crippen LogP contribution is -2.34. The Morgan fingerprint density at radius 2 is 1.96 bits per heavy atom. The number of hydrogen-bond acceptors (Lipinski definition) is 4. The van der Waals surface area contributed by atoms with Crippen LogP contribution in [0.4, 0.5) is 11.4 Å². The van der Waals surface area contributed by atoms with Crippen LogP contribution < -0.4 is 15.4 Å². The van der Waals surface area contributed by atoms with E-state index in [1.54, 1.807) is 36.4 Å². The van der Waals surface area contributed by atoms with Crippen LogP contribution in [0.15, 0.2) is 53.4 Å². The van der Waals surface area contributed by atoms with E-state index < -0.39 is 10.0 Å². The minimum atomic E-state index is -3.75. The molecule has 1 saturated heterocycles. The van der Waals surface area contributed by atoms with E-state index in [1.165, 1.54) is 12.1 Å². The second kappa shape index (κ2) is 8.88. The van der Waals surface area contributed by atoms with Gasteiger partial charge in [-0.3, -0.25) is 4.72 Å². The highest BCUT2D eigenvalue weighted by Crippen LogP contribution is 2.21. The lowest BCUT2D eigenvalue weighted by Gasteiger charge is -2.15. The number of benzene rings is 2. The summed E-state index contributed by atoms with van der Waals surface area (Å²) in [5.74, 6) is 0. The zero-order valence-electron chi connectivity index (χ0n) is 14.4. The van der Waals surface area contributed by atoms with Crippen molar-refractivity contribution in [2.45, 2.75) is 23.8 Å². The standard InChI is InChI=1S/C18H20ClN3O3S2/c19-13-4-1-6-15(10-13)22-27(23,24)17-8-2-5-14(11-17)21-18(26)20-12-16-7-3-9-25-16/h1-2,4-6,8,10-11,16,22H,3,7,9,12H2,(H2,20,21,26)/t16-/m1/s1. The third kappa shape index (κ3) is 5.80. The number of halogens is 1. The molecule has 0 spiro atoms. The van der Waals surface area contributed by atoms with Gasteiger partial charge in [0.25, 0.3) is 10.0 Å². The molecule has 1 atom stereocenters. The van der Waals surface area contributed by atoms with Crippen LogP contribution in [0.1, 0.15) is 12.8 Å². The maximum atomic E-state index is 12.6. The summed E-state index contributed by atoms with van der Waals surface area (Å²) >= 11 is 11.2. The molecule has 3 rings (SSSR count). The van der Waals surface area contributed by atoms with Crippen molar-refractivity contribution in [1.29, 1.82) is 0 Å². The van der Waals surface area contributed by atoms with Gasteiger partial charge in [-0.1, -0.05) is 23.7 Å². The first-order chi connectivity index (χ1) is 12.9. The molecule has 0 saturated carbocycles. The van der Waals surface area contributed by atoms with Gasteiger partial charge in [-0.15, -0.1) is 0 Å². The summed E-state index contributed by atoms with van der Waals surface area (Å²) < 4.78 is 33.3. The Balaban J connectivity index is 1.64. The number of rotatable bonds is 6. The topological polar surface area (TPSA) is 79.5 Å². The van der Waals surface area contributed by atoms with Gasteiger partial charge >= 0.3 is 0 Å². The van der Waals surface area contributed by atoms with E-state index in [9.17, 15) is 8.42 Å². The molecule has 0 aliphatic carbocycles. The number of sulfonamides is 1. The van der Waals surface area contributed by atoms with Crippen molar-refractivity contribution in [3.63, 3.8) is 0 Å². The Hall–Kier alpha value is -1.87. The highest BCUT2D eigenvalue weighted by atomic mass is 35.5. The first-order valence-electron chi connectivity index (χ1n) is 8.47. The van der Waals surface area contributed by atoms with Gasteiger partial charge in [-0.2, -0.15) is 0 Å². The van der Waals surface area contributed by atoms with Crippen LogP contribution in [-0.4, -0.2) is 32.8 Å². The molecule has 0 aromatic heterocycles. The summed E-state index contributed by atoms with van der Waals surface area (Å²) in [4.78, 5) is 0.120. The van der Waals surface area contributed by atoms with Crippen molar-refractivity contribution in [2.75, 3.05) is 23.2 Å². The van der Waals surface area contributed by atoms with Gasteiger partial charge in [0.15, 0.2) is 5.11 Å². The largest absolute Gasteiger partial charge is 0.376 e. The summed E-state index contributed by atoms with van der Waals surface area (Å²) in [5, 5.41) is 6.97. The average molecular weight is 426 g/mol. The normalized spacial score (nSPS) is 16.7. The van der Waals surface area contributed by atoms with Gasteiger partial charge in [-0.05, 0) is 61.5 Å². The highest BCUT2D eigenvalue weighted by Gasteiger charge is 2.17. The van der Waals surface area contributed by atoms with E-state index in [0.29, 0.717) is 28.1 Å². The van der Waals surface area contributed by atoms with Crippen LogP contribution in [0.3, 0.4) is 0 Å². The molecule has 1 aliphatic rings. The summed E-state index contributed by atoms with van der Waals surface area (Å²) in [6, 6.07) is 13.0. The zero-order chi connectivity index (χ0) is 19.3. The van der Waals surface area contributed by atoms with Gasteiger partial charge in [-0.25, -0.2) is 8.42 Å². The molecule has 9 heteroatoms. The molecule has 0 amide bonds. The van der Waals surface area contributed by atoms with E-state index >= 15 is 0 Å². The first kappa shape index (κ1) is 19.9. The lowest BCUT2D eigenvalue weighted by molar-refractivity contribution is 0.114. The maximum Gasteiger partial charge on any atom is 0.261 e. The number of ether oxygens (including phenoxy) is 1. The quantitative estimate of drug-likeness (QED) is 0.613. The fourth-order valence-corrected chi connectivity index (χ4v) is 4.18. The first-order valence-corrected chi connectivity index (χ1v) is 10.7.